The van der Waals surface area contributed by atoms with E-state index in [0.717, 1.165) is 0 Å². The average molecular weight is 276 g/mol. The highest BCUT2D eigenvalue weighted by molar-refractivity contribution is 7.60. The fraction of sp³-hybridized carbons (Fsp3) is 0.714. The Labute approximate surface area is 94.6 Å². The first-order valence-corrected chi connectivity index (χ1v) is 7.52. The van der Waals surface area contributed by atoms with Gasteiger partial charge in [0.1, 0.15) is 0 Å². The van der Waals surface area contributed by atoms with E-state index < -0.39 is 15.6 Å². The summed E-state index contributed by atoms with van der Waals surface area (Å²) in [6.45, 7) is 6.46. The van der Waals surface area contributed by atoms with Crippen LogP contribution in [0.15, 0.2) is 11.6 Å². The summed E-state index contributed by atoms with van der Waals surface area (Å²) in [5, 5.41) is 0. The highest BCUT2D eigenvalue weighted by atomic mass is 31.3. The van der Waals surface area contributed by atoms with E-state index in [-0.39, 0.29) is 0 Å². The third kappa shape index (κ3) is 19.6. The quantitative estimate of drug-likeness (QED) is 0.456. The topological polar surface area (TPSA) is 124 Å². The Morgan fingerprint density at radius 1 is 1.19 bits per heavy atom. The SMILES string of the molecule is CC=C(C)CCC.O=P(O)(O)OP(=O)(O)O. The Morgan fingerprint density at radius 2 is 1.56 bits per heavy atom. The van der Waals surface area contributed by atoms with Crippen molar-refractivity contribution in [3.63, 3.8) is 0 Å². The van der Waals surface area contributed by atoms with Gasteiger partial charge < -0.3 is 19.6 Å². The molecule has 0 bridgehead atoms. The van der Waals surface area contributed by atoms with Gasteiger partial charge in [-0.05, 0) is 20.3 Å². The van der Waals surface area contributed by atoms with Crippen molar-refractivity contribution in [2.75, 3.05) is 0 Å². The lowest BCUT2D eigenvalue weighted by atomic mass is 10.2. The molecule has 0 saturated heterocycles. The third-order valence-corrected chi connectivity index (χ3v) is 3.05. The Morgan fingerprint density at radius 3 is 1.62 bits per heavy atom. The van der Waals surface area contributed by atoms with Gasteiger partial charge in [-0.1, -0.05) is 25.0 Å². The maximum absolute atomic E-state index is 9.63. The van der Waals surface area contributed by atoms with E-state index in [0.29, 0.717) is 0 Å². The third-order valence-electron chi connectivity index (χ3n) is 1.35. The van der Waals surface area contributed by atoms with E-state index in [9.17, 15) is 9.13 Å². The molecule has 0 aromatic rings. The van der Waals surface area contributed by atoms with Crippen molar-refractivity contribution >= 4 is 15.6 Å². The van der Waals surface area contributed by atoms with E-state index in [1.54, 1.807) is 0 Å². The lowest BCUT2D eigenvalue weighted by Gasteiger charge is -2.03. The van der Waals surface area contributed by atoms with Crippen molar-refractivity contribution in [1.82, 2.24) is 0 Å². The van der Waals surface area contributed by atoms with Crippen LogP contribution in [0.1, 0.15) is 33.6 Å². The highest BCUT2D eigenvalue weighted by Gasteiger charge is 2.27. The molecule has 0 aromatic heterocycles. The van der Waals surface area contributed by atoms with Crippen LogP contribution < -0.4 is 0 Å². The van der Waals surface area contributed by atoms with Crippen LogP contribution in [-0.2, 0) is 13.4 Å². The molecule has 0 radical (unpaired) electrons. The fourth-order valence-corrected chi connectivity index (χ4v) is 1.79. The second kappa shape index (κ2) is 8.14. The van der Waals surface area contributed by atoms with Gasteiger partial charge in [-0.25, -0.2) is 9.13 Å². The summed E-state index contributed by atoms with van der Waals surface area (Å²) in [5.74, 6) is 0. The predicted molar refractivity (Wildman–Crippen MR) is 59.5 cm³/mol. The Bertz CT molecular complexity index is 280. The molecule has 0 aromatic carbocycles. The molecule has 98 valence electrons. The van der Waals surface area contributed by atoms with Crippen LogP contribution >= 0.6 is 15.6 Å². The predicted octanol–water partition coefficient (Wildman–Crippen LogP) is 1.94. The smallest absolute Gasteiger partial charge is 0.302 e. The summed E-state index contributed by atoms with van der Waals surface area (Å²) < 4.78 is 22.2. The minimum absolute atomic E-state index is 1.26. The molecule has 0 heterocycles. The number of hydrogen-bond acceptors (Lipinski definition) is 3. The van der Waals surface area contributed by atoms with Crippen LogP contribution in [0, 0.1) is 0 Å². The van der Waals surface area contributed by atoms with Gasteiger partial charge in [-0.2, -0.15) is 4.31 Å². The zero-order valence-electron chi connectivity index (χ0n) is 9.40. The molecule has 4 N–H and O–H groups in total. The average Bonchev–Trinajstić information content (AvgIpc) is 1.98. The molecule has 0 fully saturated rings. The number of phosphoric acid groups is 2. The zero-order valence-corrected chi connectivity index (χ0v) is 11.2. The molecule has 0 atom stereocenters. The van der Waals surface area contributed by atoms with E-state index in [4.69, 9.17) is 19.6 Å². The van der Waals surface area contributed by atoms with E-state index in [2.05, 4.69) is 31.2 Å². The van der Waals surface area contributed by atoms with E-state index >= 15 is 0 Å². The van der Waals surface area contributed by atoms with Gasteiger partial charge in [-0.3, -0.25) is 0 Å². The molecule has 7 nitrogen and oxygen atoms in total. The maximum atomic E-state index is 9.63. The Hall–Kier alpha value is -0.0000000000000000971. The summed E-state index contributed by atoms with van der Waals surface area (Å²) in [6.07, 6.45) is 4.70. The monoisotopic (exact) mass is 276 g/mol. The normalized spacial score (nSPS) is 13.1. The first-order chi connectivity index (χ1) is 7.02. The molecule has 0 rings (SSSR count). The summed E-state index contributed by atoms with van der Waals surface area (Å²) >= 11 is 0. The van der Waals surface area contributed by atoms with Gasteiger partial charge in [0.25, 0.3) is 0 Å². The largest absolute Gasteiger partial charge is 0.478 e. The number of rotatable bonds is 4. The lowest BCUT2D eigenvalue weighted by Crippen LogP contribution is -1.84. The Kier molecular flexibility index (Phi) is 9.35. The van der Waals surface area contributed by atoms with Gasteiger partial charge in [-0.15, -0.1) is 0 Å². The van der Waals surface area contributed by atoms with Gasteiger partial charge in [0.15, 0.2) is 0 Å². The standard InChI is InChI=1S/C7H14.H4O7P2/c1-4-6-7(3)5-2;1-8(2,3)7-9(4,5)6/h5H,4,6H2,1-3H3;(H2,1,2,3)(H2,4,5,6). The molecule has 0 amide bonds. The van der Waals surface area contributed by atoms with Crippen LogP contribution in [0.25, 0.3) is 0 Å². The van der Waals surface area contributed by atoms with Crippen molar-refractivity contribution in [2.45, 2.75) is 33.6 Å². The molecular formula is C7H18O7P2. The van der Waals surface area contributed by atoms with Crippen molar-refractivity contribution in [1.29, 1.82) is 0 Å². The van der Waals surface area contributed by atoms with Crippen molar-refractivity contribution in [2.24, 2.45) is 0 Å². The summed E-state index contributed by atoms with van der Waals surface area (Å²) in [7, 11) is -10.1. The number of allylic oxidation sites excluding steroid dienone is 2. The highest BCUT2D eigenvalue weighted by Crippen LogP contribution is 2.53. The van der Waals surface area contributed by atoms with Crippen LogP contribution in [-0.4, -0.2) is 19.6 Å². The van der Waals surface area contributed by atoms with Crippen molar-refractivity contribution in [3.05, 3.63) is 11.6 Å². The van der Waals surface area contributed by atoms with Crippen LogP contribution in [0.2, 0.25) is 0 Å². The van der Waals surface area contributed by atoms with E-state index in [1.165, 1.54) is 18.4 Å². The van der Waals surface area contributed by atoms with Gasteiger partial charge >= 0.3 is 15.6 Å². The number of hydrogen-bond donors (Lipinski definition) is 4. The molecule has 0 aliphatic rings. The van der Waals surface area contributed by atoms with Gasteiger partial charge in [0.05, 0.1) is 0 Å². The second-order valence-corrected chi connectivity index (χ2v) is 5.56. The van der Waals surface area contributed by atoms with Crippen molar-refractivity contribution in [3.8, 4) is 0 Å². The fourth-order valence-electron chi connectivity index (χ4n) is 0.677. The lowest BCUT2D eigenvalue weighted by molar-refractivity contribution is 0.225. The molecule has 9 heteroatoms. The molecule has 0 unspecified atom stereocenters. The molecule has 0 aliphatic carbocycles. The van der Waals surface area contributed by atoms with Crippen LogP contribution in [0.5, 0.6) is 0 Å². The molecule has 16 heavy (non-hydrogen) atoms. The maximum Gasteiger partial charge on any atom is 0.478 e. The zero-order chi connectivity index (χ0) is 13.4. The Balaban J connectivity index is 0. The first kappa shape index (κ1) is 18.4. The van der Waals surface area contributed by atoms with Crippen LogP contribution in [0.3, 0.4) is 0 Å². The minimum atomic E-state index is -5.05. The molecule has 0 aliphatic heterocycles. The molecular weight excluding hydrogens is 258 g/mol. The minimum Gasteiger partial charge on any atom is -0.302 e. The summed E-state index contributed by atoms with van der Waals surface area (Å²) in [5.41, 5.74) is 1.50. The van der Waals surface area contributed by atoms with Crippen molar-refractivity contribution < 1.29 is 33.0 Å². The second-order valence-electron chi connectivity index (χ2n) is 2.95. The summed E-state index contributed by atoms with van der Waals surface area (Å²) in [4.78, 5) is 31.0. The van der Waals surface area contributed by atoms with E-state index in [1.807, 2.05) is 0 Å². The first-order valence-electron chi connectivity index (χ1n) is 4.46. The molecule has 0 spiro atoms. The molecule has 0 saturated carbocycles. The van der Waals surface area contributed by atoms with Crippen LogP contribution in [0.4, 0.5) is 0 Å². The van der Waals surface area contributed by atoms with Gasteiger partial charge in [0, 0.05) is 0 Å². The summed E-state index contributed by atoms with van der Waals surface area (Å²) in [6, 6.07) is 0. The van der Waals surface area contributed by atoms with Gasteiger partial charge in [0.2, 0.25) is 0 Å².